The number of aryl methyl sites for hydroxylation is 1. The lowest BCUT2D eigenvalue weighted by molar-refractivity contribution is 0.0384. The summed E-state index contributed by atoms with van der Waals surface area (Å²) in [6, 6.07) is 8.76. The molecule has 2 heterocycles. The Bertz CT molecular complexity index is 576. The fourth-order valence-corrected chi connectivity index (χ4v) is 3.27. The number of thiazole rings is 1. The van der Waals surface area contributed by atoms with Gasteiger partial charge in [0.05, 0.1) is 19.8 Å². The third kappa shape index (κ3) is 4.53. The monoisotopic (exact) mass is 317 g/mol. The predicted molar refractivity (Wildman–Crippen MR) is 91.6 cm³/mol. The molecular weight excluding hydrogens is 294 g/mol. The molecule has 118 valence electrons. The molecule has 1 aliphatic rings. The summed E-state index contributed by atoms with van der Waals surface area (Å²) in [6.07, 6.45) is 1.10. The van der Waals surface area contributed by atoms with Gasteiger partial charge in [-0.05, 0) is 31.0 Å². The Morgan fingerprint density at radius 1 is 1.23 bits per heavy atom. The van der Waals surface area contributed by atoms with Gasteiger partial charge in [-0.3, -0.25) is 4.90 Å². The van der Waals surface area contributed by atoms with Crippen molar-refractivity contribution in [2.45, 2.75) is 19.9 Å². The number of rotatable bonds is 6. The van der Waals surface area contributed by atoms with Gasteiger partial charge in [0, 0.05) is 36.4 Å². The maximum absolute atomic E-state index is 5.38. The van der Waals surface area contributed by atoms with Crippen molar-refractivity contribution in [2.24, 2.45) is 0 Å². The van der Waals surface area contributed by atoms with Crippen molar-refractivity contribution in [2.75, 3.05) is 38.2 Å². The minimum absolute atomic E-state index is 0.797. The highest BCUT2D eigenvalue weighted by atomic mass is 32.1. The Hall–Kier alpha value is -1.43. The second kappa shape index (κ2) is 7.72. The van der Waals surface area contributed by atoms with E-state index in [0.29, 0.717) is 0 Å². The number of ether oxygens (including phenoxy) is 1. The number of benzene rings is 1. The van der Waals surface area contributed by atoms with E-state index in [2.05, 4.69) is 44.8 Å². The molecule has 1 aromatic carbocycles. The molecular formula is C17H23N3OS. The second-order valence-electron chi connectivity index (χ2n) is 5.64. The van der Waals surface area contributed by atoms with Crippen LogP contribution in [0.25, 0.3) is 0 Å². The van der Waals surface area contributed by atoms with Crippen molar-refractivity contribution in [3.8, 4) is 0 Å². The number of hydrogen-bond donors (Lipinski definition) is 1. The summed E-state index contributed by atoms with van der Waals surface area (Å²) in [7, 11) is 0. The molecule has 22 heavy (non-hydrogen) atoms. The maximum atomic E-state index is 5.38. The Kier molecular flexibility index (Phi) is 5.43. The standard InChI is InChI=1S/C17H23N3OS/c1-14-13-22-17(19-14)12-18-16-4-2-15(3-5-16)6-7-20-8-10-21-11-9-20/h2-5,13,18H,6-12H2,1H3. The first-order chi connectivity index (χ1) is 10.8. The number of anilines is 1. The topological polar surface area (TPSA) is 37.4 Å². The van der Waals surface area contributed by atoms with Crippen LogP contribution in [0, 0.1) is 6.92 Å². The minimum atomic E-state index is 0.797. The van der Waals surface area contributed by atoms with Crippen LogP contribution in [0.2, 0.25) is 0 Å². The molecule has 4 nitrogen and oxygen atoms in total. The highest BCUT2D eigenvalue weighted by molar-refractivity contribution is 7.09. The first-order valence-corrected chi connectivity index (χ1v) is 8.71. The largest absolute Gasteiger partial charge is 0.379 e. The van der Waals surface area contributed by atoms with Crippen molar-refractivity contribution in [3.63, 3.8) is 0 Å². The van der Waals surface area contributed by atoms with Gasteiger partial charge in [0.2, 0.25) is 0 Å². The number of aromatic nitrogens is 1. The van der Waals surface area contributed by atoms with Crippen molar-refractivity contribution in [1.29, 1.82) is 0 Å². The first kappa shape index (κ1) is 15.5. The van der Waals surface area contributed by atoms with E-state index in [1.807, 2.05) is 6.92 Å². The normalized spacial score (nSPS) is 15.9. The third-order valence-electron chi connectivity index (χ3n) is 3.88. The van der Waals surface area contributed by atoms with E-state index in [9.17, 15) is 0 Å². The van der Waals surface area contributed by atoms with Gasteiger partial charge in [0.15, 0.2) is 0 Å². The van der Waals surface area contributed by atoms with E-state index < -0.39 is 0 Å². The van der Waals surface area contributed by atoms with Gasteiger partial charge in [-0.15, -0.1) is 11.3 Å². The summed E-state index contributed by atoms with van der Waals surface area (Å²) >= 11 is 1.71. The lowest BCUT2D eigenvalue weighted by Gasteiger charge is -2.26. The highest BCUT2D eigenvalue weighted by Gasteiger charge is 2.09. The summed E-state index contributed by atoms with van der Waals surface area (Å²) in [5.74, 6) is 0. The van der Waals surface area contributed by atoms with Crippen LogP contribution >= 0.6 is 11.3 Å². The Labute approximate surface area is 136 Å². The lowest BCUT2D eigenvalue weighted by atomic mass is 10.1. The average molecular weight is 317 g/mol. The average Bonchev–Trinajstić information content (AvgIpc) is 2.98. The van der Waals surface area contributed by atoms with Gasteiger partial charge in [-0.2, -0.15) is 0 Å². The van der Waals surface area contributed by atoms with Crippen LogP contribution in [0.3, 0.4) is 0 Å². The Morgan fingerprint density at radius 3 is 2.68 bits per heavy atom. The van der Waals surface area contributed by atoms with E-state index in [1.54, 1.807) is 11.3 Å². The molecule has 0 unspecified atom stereocenters. The van der Waals surface area contributed by atoms with Crippen molar-refractivity contribution in [3.05, 3.63) is 45.9 Å². The molecule has 0 radical (unpaired) electrons. The van der Waals surface area contributed by atoms with E-state index in [4.69, 9.17) is 4.74 Å². The van der Waals surface area contributed by atoms with E-state index >= 15 is 0 Å². The number of morpholine rings is 1. The summed E-state index contributed by atoms with van der Waals surface area (Å²) in [6.45, 7) is 7.82. The third-order valence-corrected chi connectivity index (χ3v) is 4.85. The Morgan fingerprint density at radius 2 is 2.00 bits per heavy atom. The molecule has 0 amide bonds. The van der Waals surface area contributed by atoms with Crippen LogP contribution in [0.4, 0.5) is 5.69 Å². The maximum Gasteiger partial charge on any atom is 0.112 e. The van der Waals surface area contributed by atoms with Gasteiger partial charge >= 0.3 is 0 Å². The molecule has 0 saturated carbocycles. The molecule has 0 spiro atoms. The van der Waals surface area contributed by atoms with Crippen molar-refractivity contribution in [1.82, 2.24) is 9.88 Å². The fourth-order valence-electron chi connectivity index (χ4n) is 2.56. The smallest absolute Gasteiger partial charge is 0.112 e. The van der Waals surface area contributed by atoms with Gasteiger partial charge < -0.3 is 10.1 Å². The minimum Gasteiger partial charge on any atom is -0.379 e. The number of hydrogen-bond acceptors (Lipinski definition) is 5. The zero-order valence-electron chi connectivity index (χ0n) is 13.0. The molecule has 1 fully saturated rings. The first-order valence-electron chi connectivity index (χ1n) is 7.83. The lowest BCUT2D eigenvalue weighted by Crippen LogP contribution is -2.37. The van der Waals surface area contributed by atoms with E-state index in [-0.39, 0.29) is 0 Å². The molecule has 5 heteroatoms. The molecule has 0 bridgehead atoms. The van der Waals surface area contributed by atoms with Gasteiger partial charge in [-0.25, -0.2) is 4.98 Å². The van der Waals surface area contributed by atoms with Crippen LogP contribution in [0.5, 0.6) is 0 Å². The summed E-state index contributed by atoms with van der Waals surface area (Å²) < 4.78 is 5.38. The Balaban J connectivity index is 1.45. The van der Waals surface area contributed by atoms with E-state index in [1.165, 1.54) is 5.56 Å². The highest BCUT2D eigenvalue weighted by Crippen LogP contribution is 2.14. The van der Waals surface area contributed by atoms with Crippen molar-refractivity contribution >= 4 is 17.0 Å². The SMILES string of the molecule is Cc1csc(CNc2ccc(CCN3CCOCC3)cc2)n1. The molecule has 0 aliphatic carbocycles. The van der Waals surface area contributed by atoms with Crippen LogP contribution in [-0.4, -0.2) is 42.7 Å². The quantitative estimate of drug-likeness (QED) is 0.889. The molecule has 1 aliphatic heterocycles. The van der Waals surface area contributed by atoms with Gasteiger partial charge in [0.25, 0.3) is 0 Å². The number of nitrogens with one attached hydrogen (secondary N) is 1. The van der Waals surface area contributed by atoms with Crippen LogP contribution in [0.1, 0.15) is 16.3 Å². The summed E-state index contributed by atoms with van der Waals surface area (Å²) in [4.78, 5) is 6.94. The zero-order valence-corrected chi connectivity index (χ0v) is 13.9. The molecule has 3 rings (SSSR count). The van der Waals surface area contributed by atoms with E-state index in [0.717, 1.165) is 62.2 Å². The summed E-state index contributed by atoms with van der Waals surface area (Å²) in [5.41, 5.74) is 3.64. The molecule has 1 N–H and O–H groups in total. The zero-order chi connectivity index (χ0) is 15.2. The molecule has 0 atom stereocenters. The second-order valence-corrected chi connectivity index (χ2v) is 6.58. The molecule has 1 saturated heterocycles. The molecule has 1 aromatic heterocycles. The van der Waals surface area contributed by atoms with Crippen LogP contribution < -0.4 is 5.32 Å². The molecule has 2 aromatic rings. The van der Waals surface area contributed by atoms with Crippen LogP contribution in [-0.2, 0) is 17.7 Å². The summed E-state index contributed by atoms with van der Waals surface area (Å²) in [5, 5.41) is 6.65. The van der Waals surface area contributed by atoms with Crippen molar-refractivity contribution < 1.29 is 4.74 Å². The fraction of sp³-hybridized carbons (Fsp3) is 0.471. The van der Waals surface area contributed by atoms with Crippen LogP contribution in [0.15, 0.2) is 29.6 Å². The number of nitrogens with zero attached hydrogens (tertiary/aromatic N) is 2. The predicted octanol–water partition coefficient (Wildman–Crippen LogP) is 2.94. The van der Waals surface area contributed by atoms with Gasteiger partial charge in [0.1, 0.15) is 5.01 Å². The van der Waals surface area contributed by atoms with Gasteiger partial charge in [-0.1, -0.05) is 12.1 Å².